The van der Waals surface area contributed by atoms with Gasteiger partial charge in [0.15, 0.2) is 5.13 Å². The Morgan fingerprint density at radius 2 is 2.06 bits per heavy atom. The van der Waals surface area contributed by atoms with Crippen molar-refractivity contribution < 1.29 is 4.79 Å². The Bertz CT molecular complexity index is 408. The van der Waals surface area contributed by atoms with Gasteiger partial charge in [0.2, 0.25) is 5.91 Å². The van der Waals surface area contributed by atoms with Crippen LogP contribution in [0, 0.1) is 12.8 Å². The van der Waals surface area contributed by atoms with Crippen molar-refractivity contribution in [1.29, 1.82) is 0 Å². The molecule has 1 aliphatic rings. The van der Waals surface area contributed by atoms with E-state index in [0.717, 1.165) is 37.0 Å². The Labute approximate surface area is 113 Å². The van der Waals surface area contributed by atoms with Crippen LogP contribution in [0.25, 0.3) is 0 Å². The van der Waals surface area contributed by atoms with Crippen molar-refractivity contribution in [2.24, 2.45) is 5.92 Å². The van der Waals surface area contributed by atoms with Gasteiger partial charge in [-0.15, -0.1) is 11.3 Å². The molecule has 1 aromatic heterocycles. The predicted molar refractivity (Wildman–Crippen MR) is 75.1 cm³/mol. The number of hydrogen-bond donors (Lipinski definition) is 0. The number of piperazine rings is 1. The smallest absolute Gasteiger partial charge is 0.222 e. The highest BCUT2D eigenvalue weighted by Crippen LogP contribution is 2.21. The summed E-state index contributed by atoms with van der Waals surface area (Å²) in [5.41, 5.74) is 1.08. The normalized spacial score (nSPS) is 16.4. The fourth-order valence-corrected chi connectivity index (χ4v) is 2.97. The zero-order chi connectivity index (χ0) is 13.1. The van der Waals surface area contributed by atoms with E-state index in [1.807, 2.05) is 11.8 Å². The van der Waals surface area contributed by atoms with E-state index in [1.165, 1.54) is 0 Å². The maximum absolute atomic E-state index is 12.0. The minimum absolute atomic E-state index is 0.292. The van der Waals surface area contributed by atoms with Gasteiger partial charge in [-0.2, -0.15) is 0 Å². The Morgan fingerprint density at radius 1 is 1.39 bits per heavy atom. The molecule has 0 aromatic carbocycles. The monoisotopic (exact) mass is 267 g/mol. The number of aryl methyl sites for hydroxylation is 1. The lowest BCUT2D eigenvalue weighted by molar-refractivity contribution is -0.132. The fourth-order valence-electron chi connectivity index (χ4n) is 2.11. The highest BCUT2D eigenvalue weighted by atomic mass is 32.1. The van der Waals surface area contributed by atoms with E-state index >= 15 is 0 Å². The molecular formula is C13H21N3OS. The van der Waals surface area contributed by atoms with Crippen molar-refractivity contribution in [2.75, 3.05) is 31.1 Å². The first kappa shape index (κ1) is 13.3. The fraction of sp³-hybridized carbons (Fsp3) is 0.692. The zero-order valence-corrected chi connectivity index (χ0v) is 12.2. The molecule has 18 heavy (non-hydrogen) atoms. The van der Waals surface area contributed by atoms with Crippen LogP contribution >= 0.6 is 11.3 Å². The van der Waals surface area contributed by atoms with E-state index in [4.69, 9.17) is 0 Å². The van der Waals surface area contributed by atoms with Gasteiger partial charge >= 0.3 is 0 Å². The van der Waals surface area contributed by atoms with Gasteiger partial charge in [-0.25, -0.2) is 4.98 Å². The lowest BCUT2D eigenvalue weighted by Gasteiger charge is -2.35. The highest BCUT2D eigenvalue weighted by molar-refractivity contribution is 7.13. The first-order chi connectivity index (χ1) is 8.56. The lowest BCUT2D eigenvalue weighted by Crippen LogP contribution is -2.49. The molecule has 0 N–H and O–H groups in total. The van der Waals surface area contributed by atoms with Gasteiger partial charge in [0.1, 0.15) is 0 Å². The molecule has 0 radical (unpaired) electrons. The van der Waals surface area contributed by atoms with E-state index in [0.29, 0.717) is 18.2 Å². The van der Waals surface area contributed by atoms with Crippen molar-refractivity contribution in [3.05, 3.63) is 11.1 Å². The molecule has 2 heterocycles. The molecule has 4 nitrogen and oxygen atoms in total. The van der Waals surface area contributed by atoms with Crippen molar-refractivity contribution in [3.63, 3.8) is 0 Å². The molecule has 1 aromatic rings. The summed E-state index contributed by atoms with van der Waals surface area (Å²) in [4.78, 5) is 20.7. The van der Waals surface area contributed by atoms with Crippen LogP contribution in [0.5, 0.6) is 0 Å². The standard InChI is InChI=1S/C13H21N3OS/c1-10(2)8-12(17)15-4-6-16(7-5-15)13-14-11(3)9-18-13/h9-10H,4-8H2,1-3H3. The van der Waals surface area contributed by atoms with Gasteiger partial charge in [0, 0.05) is 38.0 Å². The van der Waals surface area contributed by atoms with Crippen molar-refractivity contribution in [2.45, 2.75) is 27.2 Å². The van der Waals surface area contributed by atoms with Crippen LogP contribution < -0.4 is 4.90 Å². The Balaban J connectivity index is 1.86. The summed E-state index contributed by atoms with van der Waals surface area (Å²) in [7, 11) is 0. The van der Waals surface area contributed by atoms with Gasteiger partial charge in [-0.3, -0.25) is 4.79 Å². The first-order valence-corrected chi connectivity index (χ1v) is 7.39. The molecule has 0 saturated carbocycles. The number of carbonyl (C=O) groups is 1. The molecule has 0 spiro atoms. The average molecular weight is 267 g/mol. The molecule has 2 rings (SSSR count). The van der Waals surface area contributed by atoms with E-state index < -0.39 is 0 Å². The third-order valence-electron chi connectivity index (χ3n) is 3.09. The second-order valence-corrected chi connectivity index (χ2v) is 6.07. The van der Waals surface area contributed by atoms with Gasteiger partial charge in [-0.1, -0.05) is 13.8 Å². The Hall–Kier alpha value is -1.10. The molecular weight excluding hydrogens is 246 g/mol. The first-order valence-electron chi connectivity index (χ1n) is 6.51. The Morgan fingerprint density at radius 3 is 2.56 bits per heavy atom. The quantitative estimate of drug-likeness (QED) is 0.842. The molecule has 0 unspecified atom stereocenters. The molecule has 0 bridgehead atoms. The number of rotatable bonds is 3. The van der Waals surface area contributed by atoms with Crippen LogP contribution in [0.2, 0.25) is 0 Å². The second-order valence-electron chi connectivity index (χ2n) is 5.24. The number of anilines is 1. The van der Waals surface area contributed by atoms with Crippen molar-refractivity contribution >= 4 is 22.4 Å². The molecule has 1 fully saturated rings. The molecule has 0 aliphatic carbocycles. The van der Waals surface area contributed by atoms with E-state index in [9.17, 15) is 4.79 Å². The summed E-state index contributed by atoms with van der Waals surface area (Å²) in [6.07, 6.45) is 0.663. The van der Waals surface area contributed by atoms with Gasteiger partial charge in [0.25, 0.3) is 0 Å². The average Bonchev–Trinajstić information content (AvgIpc) is 2.75. The highest BCUT2D eigenvalue weighted by Gasteiger charge is 2.22. The topological polar surface area (TPSA) is 36.4 Å². The van der Waals surface area contributed by atoms with Crippen molar-refractivity contribution in [1.82, 2.24) is 9.88 Å². The third-order valence-corrected chi connectivity index (χ3v) is 4.11. The largest absolute Gasteiger partial charge is 0.345 e. The van der Waals surface area contributed by atoms with E-state index in [-0.39, 0.29) is 0 Å². The van der Waals surface area contributed by atoms with Gasteiger partial charge < -0.3 is 9.80 Å². The second kappa shape index (κ2) is 5.69. The molecule has 1 amide bonds. The zero-order valence-electron chi connectivity index (χ0n) is 11.3. The molecule has 1 saturated heterocycles. The van der Waals surface area contributed by atoms with Crippen molar-refractivity contribution in [3.8, 4) is 0 Å². The van der Waals surface area contributed by atoms with Crippen LogP contribution in [0.3, 0.4) is 0 Å². The van der Waals surface area contributed by atoms with E-state index in [2.05, 4.69) is 29.1 Å². The molecule has 1 aliphatic heterocycles. The minimum atomic E-state index is 0.292. The number of carbonyl (C=O) groups excluding carboxylic acids is 1. The summed E-state index contributed by atoms with van der Waals surface area (Å²) in [5, 5.41) is 3.16. The van der Waals surface area contributed by atoms with Gasteiger partial charge in [0.05, 0.1) is 5.69 Å². The molecule has 0 atom stereocenters. The maximum atomic E-state index is 12.0. The van der Waals surface area contributed by atoms with E-state index in [1.54, 1.807) is 11.3 Å². The number of nitrogens with zero attached hydrogens (tertiary/aromatic N) is 3. The maximum Gasteiger partial charge on any atom is 0.222 e. The molecule has 100 valence electrons. The number of amides is 1. The minimum Gasteiger partial charge on any atom is -0.345 e. The summed E-state index contributed by atoms with van der Waals surface area (Å²) in [6.45, 7) is 9.64. The van der Waals surface area contributed by atoms with Crippen LogP contribution in [0.4, 0.5) is 5.13 Å². The van der Waals surface area contributed by atoms with Crippen LogP contribution in [0.15, 0.2) is 5.38 Å². The molecule has 5 heteroatoms. The predicted octanol–water partition coefficient (Wildman–Crippen LogP) is 2.15. The SMILES string of the molecule is Cc1csc(N2CCN(C(=O)CC(C)C)CC2)n1. The number of thiazole rings is 1. The summed E-state index contributed by atoms with van der Waals surface area (Å²) in [6, 6.07) is 0. The van der Waals surface area contributed by atoms with Gasteiger partial charge in [-0.05, 0) is 12.8 Å². The van der Waals surface area contributed by atoms with Crippen LogP contribution in [-0.2, 0) is 4.79 Å². The third kappa shape index (κ3) is 3.22. The number of aromatic nitrogens is 1. The number of hydrogen-bond acceptors (Lipinski definition) is 4. The van der Waals surface area contributed by atoms with Crippen LogP contribution in [0.1, 0.15) is 26.0 Å². The summed E-state index contributed by atoms with van der Waals surface area (Å²) >= 11 is 1.69. The lowest BCUT2D eigenvalue weighted by atomic mass is 10.1. The van der Waals surface area contributed by atoms with Crippen LogP contribution in [-0.4, -0.2) is 42.0 Å². The summed E-state index contributed by atoms with van der Waals surface area (Å²) in [5.74, 6) is 0.733. The Kier molecular flexibility index (Phi) is 4.22. The summed E-state index contributed by atoms with van der Waals surface area (Å²) < 4.78 is 0.